The molecule has 1 heterocycles. The van der Waals surface area contributed by atoms with Crippen LogP contribution in [0.3, 0.4) is 0 Å². The first-order chi connectivity index (χ1) is 10.7. The van der Waals surface area contributed by atoms with Gasteiger partial charge < -0.3 is 16.0 Å². The van der Waals surface area contributed by atoms with Gasteiger partial charge in [0.25, 0.3) is 0 Å². The number of thioether (sulfide) groups is 1. The smallest absolute Gasteiger partial charge is 0.315 e. The second kappa shape index (κ2) is 7.64. The van der Waals surface area contributed by atoms with Crippen LogP contribution in [0.2, 0.25) is 0 Å². The minimum absolute atomic E-state index is 0.0251. The molecular formula is C18H35N3OS. The highest BCUT2D eigenvalue weighted by Crippen LogP contribution is 2.30. The SMILES string of the molecule is CCSC1CCCCC1NC(=O)NC1CC(C)(C)NC(C)(C)C1. The third-order valence-corrected chi connectivity index (χ3v) is 6.25. The van der Waals surface area contributed by atoms with Gasteiger partial charge in [0.05, 0.1) is 0 Å². The normalized spacial score (nSPS) is 30.7. The topological polar surface area (TPSA) is 53.2 Å². The third kappa shape index (κ3) is 5.86. The summed E-state index contributed by atoms with van der Waals surface area (Å²) in [7, 11) is 0. The predicted octanol–water partition coefficient (Wildman–Crippen LogP) is 3.66. The molecule has 23 heavy (non-hydrogen) atoms. The van der Waals surface area contributed by atoms with Crippen molar-refractivity contribution in [1.82, 2.24) is 16.0 Å². The molecule has 2 atom stereocenters. The molecule has 1 aliphatic carbocycles. The van der Waals surface area contributed by atoms with E-state index in [1.165, 1.54) is 19.3 Å². The minimum atomic E-state index is 0.0251. The zero-order chi connectivity index (χ0) is 17.1. The van der Waals surface area contributed by atoms with Gasteiger partial charge in [-0.15, -0.1) is 0 Å². The monoisotopic (exact) mass is 341 g/mol. The Hall–Kier alpha value is -0.420. The standard InChI is InChI=1S/C18H35N3OS/c1-6-23-15-10-8-7-9-14(15)20-16(22)19-13-11-17(2,3)21-18(4,5)12-13/h13-15,21H,6-12H2,1-5H3,(H2,19,20,22). The summed E-state index contributed by atoms with van der Waals surface area (Å²) in [4.78, 5) is 12.5. The maximum Gasteiger partial charge on any atom is 0.315 e. The summed E-state index contributed by atoms with van der Waals surface area (Å²) in [5, 5.41) is 10.8. The summed E-state index contributed by atoms with van der Waals surface area (Å²) >= 11 is 2.00. The molecule has 2 aliphatic rings. The van der Waals surface area contributed by atoms with Gasteiger partial charge in [-0.3, -0.25) is 0 Å². The molecule has 5 heteroatoms. The van der Waals surface area contributed by atoms with E-state index in [-0.39, 0.29) is 23.2 Å². The summed E-state index contributed by atoms with van der Waals surface area (Å²) in [5.41, 5.74) is 0.121. The lowest BCUT2D eigenvalue weighted by atomic mass is 9.80. The molecule has 0 aromatic heterocycles. The van der Waals surface area contributed by atoms with Crippen LogP contribution in [0.25, 0.3) is 0 Å². The van der Waals surface area contributed by atoms with E-state index in [0.717, 1.165) is 25.0 Å². The fourth-order valence-electron chi connectivity index (χ4n) is 4.50. The molecule has 4 nitrogen and oxygen atoms in total. The van der Waals surface area contributed by atoms with Crippen LogP contribution in [0.1, 0.15) is 73.1 Å². The van der Waals surface area contributed by atoms with Gasteiger partial charge in [-0.25, -0.2) is 4.79 Å². The quantitative estimate of drug-likeness (QED) is 0.731. The van der Waals surface area contributed by atoms with Gasteiger partial charge in [0.2, 0.25) is 0 Å². The lowest BCUT2D eigenvalue weighted by Crippen LogP contribution is -2.63. The molecule has 0 aromatic carbocycles. The van der Waals surface area contributed by atoms with Crippen molar-refractivity contribution in [2.75, 3.05) is 5.75 Å². The predicted molar refractivity (Wildman–Crippen MR) is 100 cm³/mol. The van der Waals surface area contributed by atoms with Crippen molar-refractivity contribution in [3.05, 3.63) is 0 Å². The average molecular weight is 342 g/mol. The van der Waals surface area contributed by atoms with Crippen molar-refractivity contribution in [3.63, 3.8) is 0 Å². The number of carbonyl (C=O) groups is 1. The van der Waals surface area contributed by atoms with Crippen molar-refractivity contribution < 1.29 is 4.79 Å². The summed E-state index contributed by atoms with van der Waals surface area (Å²) in [6.45, 7) is 11.1. The summed E-state index contributed by atoms with van der Waals surface area (Å²) in [5.74, 6) is 1.13. The Bertz CT molecular complexity index is 393. The molecule has 1 saturated heterocycles. The summed E-state index contributed by atoms with van der Waals surface area (Å²) in [6.07, 6.45) is 6.84. The zero-order valence-corrected chi connectivity index (χ0v) is 16.3. The highest BCUT2D eigenvalue weighted by molar-refractivity contribution is 7.99. The molecule has 3 N–H and O–H groups in total. The number of piperidine rings is 1. The Morgan fingerprint density at radius 2 is 1.70 bits per heavy atom. The fraction of sp³-hybridized carbons (Fsp3) is 0.944. The van der Waals surface area contributed by atoms with Crippen molar-refractivity contribution in [1.29, 1.82) is 0 Å². The van der Waals surface area contributed by atoms with Gasteiger partial charge in [0.1, 0.15) is 0 Å². The lowest BCUT2D eigenvalue weighted by molar-refractivity contribution is 0.146. The van der Waals surface area contributed by atoms with E-state index in [1.54, 1.807) is 0 Å². The van der Waals surface area contributed by atoms with Crippen molar-refractivity contribution in [3.8, 4) is 0 Å². The van der Waals surface area contributed by atoms with Crippen molar-refractivity contribution >= 4 is 17.8 Å². The maximum atomic E-state index is 12.5. The number of hydrogen-bond acceptors (Lipinski definition) is 3. The van der Waals surface area contributed by atoms with E-state index in [1.807, 2.05) is 11.8 Å². The molecule has 0 radical (unpaired) electrons. The number of amides is 2. The first-order valence-electron chi connectivity index (χ1n) is 9.19. The number of carbonyl (C=O) groups excluding carboxylic acids is 1. The largest absolute Gasteiger partial charge is 0.335 e. The Morgan fingerprint density at radius 1 is 1.09 bits per heavy atom. The number of urea groups is 1. The maximum absolute atomic E-state index is 12.5. The molecule has 1 aliphatic heterocycles. The van der Waals surface area contributed by atoms with E-state index in [4.69, 9.17) is 0 Å². The van der Waals surface area contributed by atoms with Gasteiger partial charge in [-0.1, -0.05) is 19.8 Å². The fourth-order valence-corrected chi connectivity index (χ4v) is 5.69. The summed E-state index contributed by atoms with van der Waals surface area (Å²) in [6, 6.07) is 0.593. The van der Waals surface area contributed by atoms with Gasteiger partial charge in [0, 0.05) is 28.4 Å². The molecule has 1 saturated carbocycles. The first kappa shape index (κ1) is 18.9. The van der Waals surface area contributed by atoms with Crippen LogP contribution in [0, 0.1) is 0 Å². The average Bonchev–Trinajstić information content (AvgIpc) is 2.37. The molecule has 0 spiro atoms. The van der Waals surface area contributed by atoms with Crippen LogP contribution in [-0.4, -0.2) is 40.2 Å². The number of rotatable bonds is 4. The molecular weight excluding hydrogens is 306 g/mol. The third-order valence-electron chi connectivity index (χ3n) is 4.93. The van der Waals surface area contributed by atoms with Gasteiger partial charge in [-0.05, 0) is 59.1 Å². The molecule has 2 fully saturated rings. The van der Waals surface area contributed by atoms with Crippen molar-refractivity contribution in [2.24, 2.45) is 0 Å². The molecule has 2 rings (SSSR count). The number of hydrogen-bond donors (Lipinski definition) is 3. The van der Waals surface area contributed by atoms with E-state index in [0.29, 0.717) is 11.3 Å². The van der Waals surface area contributed by atoms with Crippen LogP contribution < -0.4 is 16.0 Å². The second-order valence-corrected chi connectivity index (χ2v) is 10.0. The lowest BCUT2D eigenvalue weighted by Gasteiger charge is -2.46. The van der Waals surface area contributed by atoms with Crippen LogP contribution in [0.5, 0.6) is 0 Å². The van der Waals surface area contributed by atoms with E-state index in [9.17, 15) is 4.79 Å². The molecule has 2 unspecified atom stereocenters. The second-order valence-electron chi connectivity index (χ2n) is 8.50. The van der Waals surface area contributed by atoms with E-state index in [2.05, 4.69) is 50.6 Å². The van der Waals surface area contributed by atoms with Gasteiger partial charge >= 0.3 is 6.03 Å². The van der Waals surface area contributed by atoms with Crippen LogP contribution >= 0.6 is 11.8 Å². The zero-order valence-electron chi connectivity index (χ0n) is 15.5. The van der Waals surface area contributed by atoms with Crippen LogP contribution in [0.4, 0.5) is 4.79 Å². The molecule has 134 valence electrons. The van der Waals surface area contributed by atoms with Gasteiger partial charge in [-0.2, -0.15) is 11.8 Å². The number of nitrogens with one attached hydrogen (secondary N) is 3. The van der Waals surface area contributed by atoms with Crippen molar-refractivity contribution in [2.45, 2.75) is 102 Å². The Balaban J connectivity index is 1.88. The highest BCUT2D eigenvalue weighted by Gasteiger charge is 2.38. The Morgan fingerprint density at radius 3 is 2.30 bits per heavy atom. The van der Waals surface area contributed by atoms with Gasteiger partial charge in [0.15, 0.2) is 0 Å². The highest BCUT2D eigenvalue weighted by atomic mass is 32.2. The van der Waals surface area contributed by atoms with Crippen LogP contribution in [-0.2, 0) is 0 Å². The first-order valence-corrected chi connectivity index (χ1v) is 10.2. The van der Waals surface area contributed by atoms with Crippen LogP contribution in [0.15, 0.2) is 0 Å². The minimum Gasteiger partial charge on any atom is -0.335 e. The molecule has 0 aromatic rings. The Kier molecular flexibility index (Phi) is 6.28. The molecule has 2 amide bonds. The van der Waals surface area contributed by atoms with E-state index >= 15 is 0 Å². The molecule has 0 bridgehead atoms. The Labute approximate surface area is 146 Å². The summed E-state index contributed by atoms with van der Waals surface area (Å²) < 4.78 is 0. The van der Waals surface area contributed by atoms with E-state index < -0.39 is 0 Å².